The lowest BCUT2D eigenvalue weighted by Crippen LogP contribution is -2.34. The summed E-state index contributed by atoms with van der Waals surface area (Å²) in [7, 11) is 0. The lowest BCUT2D eigenvalue weighted by molar-refractivity contribution is 0.243. The fraction of sp³-hybridized carbons (Fsp3) is 0.211. The summed E-state index contributed by atoms with van der Waals surface area (Å²) in [6.07, 6.45) is 0.844. The number of nitrogens with zero attached hydrogens (tertiary/aromatic N) is 1. The molecule has 1 aliphatic heterocycles. The molecule has 0 saturated carbocycles. The van der Waals surface area contributed by atoms with Crippen molar-refractivity contribution in [3.05, 3.63) is 79.6 Å². The smallest absolute Gasteiger partial charge is 0.194 e. The van der Waals surface area contributed by atoms with Crippen LogP contribution in [0.1, 0.15) is 16.8 Å². The zero-order chi connectivity index (χ0) is 16.7. The molecule has 2 aromatic carbocycles. The Labute approximate surface area is 149 Å². The summed E-state index contributed by atoms with van der Waals surface area (Å²) in [6.45, 7) is 2.31. The molecular formula is C19H16Cl2N2O. The minimum absolute atomic E-state index is 0.137. The van der Waals surface area contributed by atoms with E-state index in [0.717, 1.165) is 47.2 Å². The van der Waals surface area contributed by atoms with Crippen molar-refractivity contribution in [2.75, 3.05) is 6.54 Å². The van der Waals surface area contributed by atoms with E-state index in [9.17, 15) is 4.79 Å². The van der Waals surface area contributed by atoms with Crippen molar-refractivity contribution in [3.63, 3.8) is 0 Å². The van der Waals surface area contributed by atoms with Gasteiger partial charge in [0.05, 0.1) is 10.0 Å². The van der Waals surface area contributed by atoms with Crippen LogP contribution < -0.4 is 5.43 Å². The highest BCUT2D eigenvalue weighted by atomic mass is 35.5. The molecule has 0 bridgehead atoms. The molecule has 5 heteroatoms. The van der Waals surface area contributed by atoms with E-state index < -0.39 is 0 Å². The quantitative estimate of drug-likeness (QED) is 0.737. The molecule has 2 heterocycles. The molecular weight excluding hydrogens is 343 g/mol. The zero-order valence-electron chi connectivity index (χ0n) is 13.0. The minimum atomic E-state index is 0.137. The van der Waals surface area contributed by atoms with E-state index in [1.165, 1.54) is 0 Å². The molecule has 122 valence electrons. The Bertz CT molecular complexity index is 981. The average Bonchev–Trinajstić information content (AvgIpc) is 2.59. The number of nitrogens with one attached hydrogen (secondary N) is 1. The van der Waals surface area contributed by atoms with Crippen molar-refractivity contribution >= 4 is 34.1 Å². The maximum Gasteiger partial charge on any atom is 0.194 e. The summed E-state index contributed by atoms with van der Waals surface area (Å²) in [5, 5.41) is 1.88. The summed E-state index contributed by atoms with van der Waals surface area (Å²) in [5.41, 5.74) is 4.09. The Hall–Kier alpha value is -1.81. The van der Waals surface area contributed by atoms with Gasteiger partial charge in [-0.05, 0) is 29.8 Å². The normalized spacial score (nSPS) is 14.8. The first-order valence-corrected chi connectivity index (χ1v) is 8.66. The summed E-state index contributed by atoms with van der Waals surface area (Å²) < 4.78 is 0. The first-order valence-electron chi connectivity index (χ1n) is 7.91. The van der Waals surface area contributed by atoms with Gasteiger partial charge in [-0.2, -0.15) is 0 Å². The van der Waals surface area contributed by atoms with Gasteiger partial charge in [-0.1, -0.05) is 41.4 Å². The fourth-order valence-electron chi connectivity index (χ4n) is 3.31. The average molecular weight is 359 g/mol. The summed E-state index contributed by atoms with van der Waals surface area (Å²) in [4.78, 5) is 18.5. The van der Waals surface area contributed by atoms with Crippen molar-refractivity contribution in [2.24, 2.45) is 0 Å². The number of halogens is 2. The number of benzene rings is 2. The van der Waals surface area contributed by atoms with Gasteiger partial charge in [-0.3, -0.25) is 9.69 Å². The molecule has 0 spiro atoms. The number of pyridine rings is 1. The van der Waals surface area contributed by atoms with E-state index in [1.807, 2.05) is 42.5 Å². The second kappa shape index (κ2) is 6.25. The topological polar surface area (TPSA) is 36.1 Å². The van der Waals surface area contributed by atoms with Crippen molar-refractivity contribution in [1.29, 1.82) is 0 Å². The molecule has 0 unspecified atom stereocenters. The molecule has 0 amide bonds. The van der Waals surface area contributed by atoms with Crippen LogP contribution >= 0.6 is 23.2 Å². The largest absolute Gasteiger partial charge is 0.358 e. The second-order valence-corrected chi connectivity index (χ2v) is 6.98. The lowest BCUT2D eigenvalue weighted by Gasteiger charge is -2.28. The SMILES string of the molecule is O=c1c2c([nH]c3ccccc13)CCN(Cc1ccc(Cl)c(Cl)c1)C2. The predicted molar refractivity (Wildman–Crippen MR) is 98.8 cm³/mol. The zero-order valence-corrected chi connectivity index (χ0v) is 14.5. The van der Waals surface area contributed by atoms with Crippen LogP contribution in [0.4, 0.5) is 0 Å². The van der Waals surface area contributed by atoms with Gasteiger partial charge in [-0.15, -0.1) is 0 Å². The Morgan fingerprint density at radius 1 is 1.08 bits per heavy atom. The number of para-hydroxylation sites is 1. The molecule has 0 aliphatic carbocycles. The van der Waals surface area contributed by atoms with Crippen LogP contribution in [0.2, 0.25) is 10.0 Å². The molecule has 0 saturated heterocycles. The summed E-state index contributed by atoms with van der Waals surface area (Å²) in [6, 6.07) is 13.4. The van der Waals surface area contributed by atoms with Crippen molar-refractivity contribution in [1.82, 2.24) is 9.88 Å². The first kappa shape index (κ1) is 15.7. The number of hydrogen-bond acceptors (Lipinski definition) is 2. The van der Waals surface area contributed by atoms with Gasteiger partial charge in [0.2, 0.25) is 0 Å². The number of rotatable bonds is 2. The van der Waals surface area contributed by atoms with Crippen LogP contribution in [0.3, 0.4) is 0 Å². The Morgan fingerprint density at radius 2 is 1.92 bits per heavy atom. The minimum Gasteiger partial charge on any atom is -0.358 e. The van der Waals surface area contributed by atoms with E-state index in [-0.39, 0.29) is 5.43 Å². The van der Waals surface area contributed by atoms with Crippen LogP contribution in [0.5, 0.6) is 0 Å². The van der Waals surface area contributed by atoms with Gasteiger partial charge >= 0.3 is 0 Å². The van der Waals surface area contributed by atoms with Gasteiger partial charge in [-0.25, -0.2) is 0 Å². The van der Waals surface area contributed by atoms with Gasteiger partial charge < -0.3 is 4.98 Å². The van der Waals surface area contributed by atoms with Gasteiger partial charge in [0.25, 0.3) is 0 Å². The third kappa shape index (κ3) is 2.84. The monoisotopic (exact) mass is 358 g/mol. The maximum absolute atomic E-state index is 12.8. The molecule has 1 aromatic heterocycles. The summed E-state index contributed by atoms with van der Waals surface area (Å²) in [5.74, 6) is 0. The van der Waals surface area contributed by atoms with Crippen molar-refractivity contribution in [3.8, 4) is 0 Å². The fourth-order valence-corrected chi connectivity index (χ4v) is 3.63. The van der Waals surface area contributed by atoms with E-state index in [4.69, 9.17) is 23.2 Å². The number of fused-ring (bicyclic) bond motifs is 2. The third-order valence-electron chi connectivity index (χ3n) is 4.55. The van der Waals surface area contributed by atoms with Crippen LogP contribution in [0.25, 0.3) is 10.9 Å². The molecule has 3 aromatic rings. The molecule has 1 aliphatic rings. The van der Waals surface area contributed by atoms with Crippen LogP contribution in [0.15, 0.2) is 47.3 Å². The highest BCUT2D eigenvalue weighted by molar-refractivity contribution is 6.42. The molecule has 0 atom stereocenters. The molecule has 24 heavy (non-hydrogen) atoms. The Morgan fingerprint density at radius 3 is 2.75 bits per heavy atom. The summed E-state index contributed by atoms with van der Waals surface area (Å²) >= 11 is 12.1. The van der Waals surface area contributed by atoms with Crippen LogP contribution in [-0.4, -0.2) is 16.4 Å². The number of H-pyrrole nitrogens is 1. The van der Waals surface area contributed by atoms with Crippen LogP contribution in [-0.2, 0) is 19.5 Å². The number of aromatic amines is 1. The first-order chi connectivity index (χ1) is 11.6. The van der Waals surface area contributed by atoms with Gasteiger partial charge in [0.15, 0.2) is 5.43 Å². The molecule has 0 radical (unpaired) electrons. The van der Waals surface area contributed by atoms with Crippen molar-refractivity contribution in [2.45, 2.75) is 19.5 Å². The van der Waals surface area contributed by atoms with E-state index in [1.54, 1.807) is 0 Å². The highest BCUT2D eigenvalue weighted by Gasteiger charge is 2.21. The number of hydrogen-bond donors (Lipinski definition) is 1. The highest BCUT2D eigenvalue weighted by Crippen LogP contribution is 2.25. The Kier molecular flexibility index (Phi) is 4.09. The van der Waals surface area contributed by atoms with E-state index >= 15 is 0 Å². The molecule has 0 fully saturated rings. The van der Waals surface area contributed by atoms with Gasteiger partial charge in [0.1, 0.15) is 0 Å². The van der Waals surface area contributed by atoms with E-state index in [0.29, 0.717) is 16.6 Å². The predicted octanol–water partition coefficient (Wildman–Crippen LogP) is 4.39. The molecule has 4 rings (SSSR count). The Balaban J connectivity index is 1.64. The molecule has 1 N–H and O–H groups in total. The third-order valence-corrected chi connectivity index (χ3v) is 5.28. The molecule has 3 nitrogen and oxygen atoms in total. The van der Waals surface area contributed by atoms with Gasteiger partial charge in [0, 0.05) is 48.2 Å². The maximum atomic E-state index is 12.8. The van der Waals surface area contributed by atoms with E-state index in [2.05, 4.69) is 9.88 Å². The standard InChI is InChI=1S/C19H16Cl2N2O/c20-15-6-5-12(9-16(15)21)10-23-8-7-18-14(11-23)19(24)13-3-1-2-4-17(13)22-18/h1-6,9H,7-8,10-11H2,(H,22,24). The van der Waals surface area contributed by atoms with Crippen LogP contribution in [0, 0.1) is 0 Å². The van der Waals surface area contributed by atoms with Crippen molar-refractivity contribution < 1.29 is 0 Å². The lowest BCUT2D eigenvalue weighted by atomic mass is 10.0. The second-order valence-electron chi connectivity index (χ2n) is 6.17. The number of aromatic nitrogens is 1.